The van der Waals surface area contributed by atoms with Crippen LogP contribution >= 0.6 is 0 Å². The molecule has 8 heteroatoms. The molecule has 3 aromatic heterocycles. The summed E-state index contributed by atoms with van der Waals surface area (Å²) in [6.07, 6.45) is 6.09. The van der Waals surface area contributed by atoms with Crippen molar-refractivity contribution in [1.82, 2.24) is 25.2 Å². The lowest BCUT2D eigenvalue weighted by Gasteiger charge is -2.30. The fourth-order valence-electron chi connectivity index (χ4n) is 4.62. The molecule has 1 aliphatic rings. The lowest BCUT2D eigenvalue weighted by molar-refractivity contribution is -0.931. The topological polar surface area (TPSA) is 94.0 Å². The maximum atomic E-state index is 13.2. The number of likely N-dealkylation sites (tertiary alicyclic amines) is 1. The van der Waals surface area contributed by atoms with E-state index in [9.17, 15) is 4.79 Å². The number of tetrazole rings is 1. The molecule has 0 spiro atoms. The van der Waals surface area contributed by atoms with Crippen LogP contribution in [0.3, 0.4) is 0 Å². The van der Waals surface area contributed by atoms with E-state index in [2.05, 4.69) is 39.6 Å². The van der Waals surface area contributed by atoms with Crippen LogP contribution in [-0.4, -0.2) is 38.3 Å². The number of quaternary nitrogens is 1. The Morgan fingerprint density at radius 2 is 2.06 bits per heavy atom. The van der Waals surface area contributed by atoms with Gasteiger partial charge in [0, 0.05) is 5.52 Å². The van der Waals surface area contributed by atoms with E-state index in [1.807, 2.05) is 24.3 Å². The molecule has 8 nitrogen and oxygen atoms in total. The number of benzene rings is 1. The summed E-state index contributed by atoms with van der Waals surface area (Å²) < 4.78 is 7.27. The molecule has 0 bridgehead atoms. The number of hydrogen-bond acceptors (Lipinski definition) is 5. The van der Waals surface area contributed by atoms with Crippen molar-refractivity contribution in [2.24, 2.45) is 0 Å². The molecule has 4 aromatic rings. The number of aryl methyl sites for hydroxylation is 1. The number of piperidine rings is 1. The van der Waals surface area contributed by atoms with Gasteiger partial charge in [0.1, 0.15) is 12.3 Å². The summed E-state index contributed by atoms with van der Waals surface area (Å²) in [6, 6.07) is 11.8. The summed E-state index contributed by atoms with van der Waals surface area (Å²) >= 11 is 0. The third kappa shape index (κ3) is 3.90. The largest absolute Gasteiger partial charge is 0.467 e. The van der Waals surface area contributed by atoms with E-state index in [4.69, 9.17) is 4.42 Å². The summed E-state index contributed by atoms with van der Waals surface area (Å²) in [5.74, 6) is 1.48. The Morgan fingerprint density at radius 1 is 1.19 bits per heavy atom. The highest BCUT2D eigenvalue weighted by Crippen LogP contribution is 2.21. The van der Waals surface area contributed by atoms with Crippen LogP contribution in [0.5, 0.6) is 0 Å². The van der Waals surface area contributed by atoms with Gasteiger partial charge in [-0.1, -0.05) is 13.0 Å². The van der Waals surface area contributed by atoms with Crippen molar-refractivity contribution in [1.29, 1.82) is 0 Å². The molecule has 160 valence electrons. The van der Waals surface area contributed by atoms with Gasteiger partial charge in [-0.2, -0.15) is 0 Å². The SMILES string of the molecule is CCc1ccc2[nH]c(=O)c([C@@H](c3nnnn3Cc3ccco3)[NH+]3CCCCC3)cc2c1. The first kappa shape index (κ1) is 19.7. The van der Waals surface area contributed by atoms with Gasteiger partial charge in [-0.05, 0) is 77.4 Å². The Kier molecular flexibility index (Phi) is 5.38. The zero-order valence-electron chi connectivity index (χ0n) is 17.7. The van der Waals surface area contributed by atoms with Crippen molar-refractivity contribution in [3.63, 3.8) is 0 Å². The summed E-state index contributed by atoms with van der Waals surface area (Å²) in [5, 5.41) is 13.6. The number of H-pyrrole nitrogens is 1. The molecule has 0 saturated carbocycles. The molecule has 0 aliphatic carbocycles. The van der Waals surface area contributed by atoms with Crippen LogP contribution in [0.4, 0.5) is 0 Å². The minimum atomic E-state index is -0.233. The zero-order valence-corrected chi connectivity index (χ0v) is 17.7. The number of rotatable bonds is 6. The Bertz CT molecular complexity index is 1220. The van der Waals surface area contributed by atoms with E-state index in [1.165, 1.54) is 16.9 Å². The Balaban J connectivity index is 1.63. The molecule has 1 aliphatic heterocycles. The lowest BCUT2D eigenvalue weighted by Crippen LogP contribution is -3.13. The second kappa shape index (κ2) is 8.47. The monoisotopic (exact) mass is 419 g/mol. The van der Waals surface area contributed by atoms with Gasteiger partial charge in [0.05, 0.1) is 24.9 Å². The van der Waals surface area contributed by atoms with E-state index >= 15 is 0 Å². The number of pyridine rings is 1. The van der Waals surface area contributed by atoms with Crippen molar-refractivity contribution in [3.05, 3.63) is 75.7 Å². The smallest absolute Gasteiger partial charge is 0.258 e. The van der Waals surface area contributed by atoms with Crippen molar-refractivity contribution in [3.8, 4) is 0 Å². The molecular formula is C23H27N6O2+. The maximum Gasteiger partial charge on any atom is 0.258 e. The van der Waals surface area contributed by atoms with E-state index in [0.717, 1.165) is 49.0 Å². The first-order chi connectivity index (χ1) is 15.2. The van der Waals surface area contributed by atoms with E-state index < -0.39 is 0 Å². The molecule has 0 amide bonds. The number of aromatic nitrogens is 5. The van der Waals surface area contributed by atoms with Gasteiger partial charge in [-0.15, -0.1) is 5.10 Å². The second-order valence-electron chi connectivity index (χ2n) is 8.25. The Hall–Kier alpha value is -3.26. The van der Waals surface area contributed by atoms with E-state index in [1.54, 1.807) is 10.9 Å². The second-order valence-corrected chi connectivity index (χ2v) is 8.25. The fraction of sp³-hybridized carbons (Fsp3) is 0.391. The van der Waals surface area contributed by atoms with Gasteiger partial charge >= 0.3 is 0 Å². The molecule has 5 rings (SSSR count). The quantitative estimate of drug-likeness (QED) is 0.498. The number of nitrogens with one attached hydrogen (secondary N) is 2. The number of nitrogens with zero attached hydrogens (tertiary/aromatic N) is 4. The van der Waals surface area contributed by atoms with Gasteiger partial charge in [-0.25, -0.2) is 4.68 Å². The maximum absolute atomic E-state index is 13.2. The highest BCUT2D eigenvalue weighted by Gasteiger charge is 2.35. The summed E-state index contributed by atoms with van der Waals surface area (Å²) in [7, 11) is 0. The van der Waals surface area contributed by atoms with Gasteiger partial charge in [0.25, 0.3) is 5.56 Å². The minimum absolute atomic E-state index is 0.0765. The average Bonchev–Trinajstić information content (AvgIpc) is 3.48. The molecule has 1 atom stereocenters. The predicted molar refractivity (Wildman–Crippen MR) is 116 cm³/mol. The summed E-state index contributed by atoms with van der Waals surface area (Å²) in [6.45, 7) is 4.55. The normalized spacial score (nSPS) is 16.0. The number of furan rings is 1. The molecule has 1 aromatic carbocycles. The van der Waals surface area contributed by atoms with Crippen molar-refractivity contribution < 1.29 is 9.32 Å². The van der Waals surface area contributed by atoms with Gasteiger partial charge in [0.15, 0.2) is 6.04 Å². The fourth-order valence-corrected chi connectivity index (χ4v) is 4.62. The Labute approximate surface area is 179 Å². The van der Waals surface area contributed by atoms with Crippen LogP contribution in [0.2, 0.25) is 0 Å². The van der Waals surface area contributed by atoms with Crippen LogP contribution in [0, 0.1) is 0 Å². The predicted octanol–water partition coefficient (Wildman–Crippen LogP) is 1.88. The first-order valence-corrected chi connectivity index (χ1v) is 11.0. The van der Waals surface area contributed by atoms with E-state index in [-0.39, 0.29) is 11.6 Å². The number of hydrogen-bond donors (Lipinski definition) is 2. The third-order valence-electron chi connectivity index (χ3n) is 6.26. The highest BCUT2D eigenvalue weighted by atomic mass is 16.3. The number of fused-ring (bicyclic) bond motifs is 1. The lowest BCUT2D eigenvalue weighted by atomic mass is 9.99. The van der Waals surface area contributed by atoms with Gasteiger partial charge in [-0.3, -0.25) is 4.79 Å². The molecule has 2 N–H and O–H groups in total. The van der Waals surface area contributed by atoms with Crippen LogP contribution in [-0.2, 0) is 13.0 Å². The molecule has 4 heterocycles. The van der Waals surface area contributed by atoms with Gasteiger partial charge < -0.3 is 14.3 Å². The van der Waals surface area contributed by atoms with Crippen LogP contribution in [0.1, 0.15) is 54.9 Å². The Morgan fingerprint density at radius 3 is 2.84 bits per heavy atom. The van der Waals surface area contributed by atoms with Crippen molar-refractivity contribution >= 4 is 10.9 Å². The third-order valence-corrected chi connectivity index (χ3v) is 6.26. The minimum Gasteiger partial charge on any atom is -0.467 e. The average molecular weight is 420 g/mol. The highest BCUT2D eigenvalue weighted by molar-refractivity contribution is 5.79. The first-order valence-electron chi connectivity index (χ1n) is 11.0. The molecular weight excluding hydrogens is 392 g/mol. The van der Waals surface area contributed by atoms with Crippen molar-refractivity contribution in [2.75, 3.05) is 13.1 Å². The van der Waals surface area contributed by atoms with Crippen molar-refractivity contribution in [2.45, 2.75) is 45.2 Å². The van der Waals surface area contributed by atoms with Crippen LogP contribution in [0.25, 0.3) is 10.9 Å². The van der Waals surface area contributed by atoms with Crippen LogP contribution in [0.15, 0.2) is 51.9 Å². The molecule has 1 saturated heterocycles. The summed E-state index contributed by atoms with van der Waals surface area (Å²) in [4.78, 5) is 17.7. The van der Waals surface area contributed by atoms with Crippen LogP contribution < -0.4 is 10.5 Å². The summed E-state index contributed by atoms with van der Waals surface area (Å²) in [5.41, 5.74) is 2.74. The van der Waals surface area contributed by atoms with E-state index in [0.29, 0.717) is 17.9 Å². The molecule has 0 unspecified atom stereocenters. The standard InChI is InChI=1S/C23H26N6O2/c1-2-16-8-9-20-17(13-16)14-19(23(30)24-20)21(28-10-4-3-5-11-28)22-25-26-27-29(22)15-18-7-6-12-31-18/h6-9,12-14,21H,2-5,10-11,15H2,1H3,(H,24,30)/p+1/t21-/m0/s1. The van der Waals surface area contributed by atoms with Gasteiger partial charge in [0.2, 0.25) is 5.82 Å². The number of aromatic amines is 1. The zero-order chi connectivity index (χ0) is 21.2. The molecule has 0 radical (unpaired) electrons. The molecule has 31 heavy (non-hydrogen) atoms. The molecule has 1 fully saturated rings.